The van der Waals surface area contributed by atoms with Crippen molar-refractivity contribution in [3.63, 3.8) is 0 Å². The molecular formula is C14H20ClNO2. The minimum absolute atomic E-state index is 0.0916. The van der Waals surface area contributed by atoms with Crippen molar-refractivity contribution in [3.8, 4) is 5.75 Å². The number of aryl methyl sites for hydroxylation is 1. The molecule has 0 aromatic heterocycles. The molecule has 0 fully saturated rings. The first-order valence-electron chi connectivity index (χ1n) is 6.18. The van der Waals surface area contributed by atoms with Gasteiger partial charge in [0.05, 0.1) is 0 Å². The second-order valence-electron chi connectivity index (χ2n) is 4.66. The number of rotatable bonds is 6. The molecule has 1 amide bonds. The third-order valence-electron chi connectivity index (χ3n) is 2.88. The highest BCUT2D eigenvalue weighted by Gasteiger charge is 2.08. The van der Waals surface area contributed by atoms with E-state index in [1.54, 1.807) is 12.1 Å². The van der Waals surface area contributed by atoms with E-state index >= 15 is 0 Å². The van der Waals surface area contributed by atoms with Gasteiger partial charge in [0.1, 0.15) is 5.75 Å². The summed E-state index contributed by atoms with van der Waals surface area (Å²) in [5, 5.41) is 12.2. The van der Waals surface area contributed by atoms with E-state index in [1.165, 1.54) is 6.07 Å². The Morgan fingerprint density at radius 3 is 2.83 bits per heavy atom. The monoisotopic (exact) mass is 269 g/mol. The van der Waals surface area contributed by atoms with Crippen LogP contribution >= 0.6 is 11.6 Å². The molecular weight excluding hydrogens is 250 g/mol. The third-order valence-corrected chi connectivity index (χ3v) is 3.40. The molecule has 0 saturated heterocycles. The fourth-order valence-electron chi connectivity index (χ4n) is 1.73. The zero-order valence-corrected chi connectivity index (χ0v) is 11.6. The van der Waals surface area contributed by atoms with Crippen LogP contribution in [0.4, 0.5) is 0 Å². The number of carbonyl (C=O) groups excluding carboxylic acids is 1. The smallest absolute Gasteiger partial charge is 0.251 e. The van der Waals surface area contributed by atoms with E-state index < -0.39 is 0 Å². The van der Waals surface area contributed by atoms with Gasteiger partial charge in [-0.15, -0.1) is 11.6 Å². The SMILES string of the molecule is Cc1cc(O)ccc1C(=O)NCCCC(C)CCl. The van der Waals surface area contributed by atoms with Gasteiger partial charge in [0.15, 0.2) is 0 Å². The average molecular weight is 270 g/mol. The Bertz CT molecular complexity index is 407. The first-order chi connectivity index (χ1) is 8.54. The van der Waals surface area contributed by atoms with Crippen molar-refractivity contribution in [3.05, 3.63) is 29.3 Å². The minimum atomic E-state index is -0.0916. The lowest BCUT2D eigenvalue weighted by Crippen LogP contribution is -2.25. The lowest BCUT2D eigenvalue weighted by molar-refractivity contribution is 0.0952. The number of halogens is 1. The number of aromatic hydroxyl groups is 1. The maximum Gasteiger partial charge on any atom is 0.251 e. The van der Waals surface area contributed by atoms with E-state index in [0.29, 0.717) is 23.9 Å². The summed E-state index contributed by atoms with van der Waals surface area (Å²) in [7, 11) is 0. The molecule has 3 nitrogen and oxygen atoms in total. The van der Waals surface area contributed by atoms with Gasteiger partial charge in [-0.3, -0.25) is 4.79 Å². The largest absolute Gasteiger partial charge is 0.508 e. The van der Waals surface area contributed by atoms with Crippen molar-refractivity contribution in [2.24, 2.45) is 5.92 Å². The minimum Gasteiger partial charge on any atom is -0.508 e. The van der Waals surface area contributed by atoms with Crippen LogP contribution in [-0.4, -0.2) is 23.4 Å². The Balaban J connectivity index is 2.41. The molecule has 1 atom stereocenters. The van der Waals surface area contributed by atoms with Crippen LogP contribution in [0.1, 0.15) is 35.7 Å². The molecule has 1 rings (SSSR count). The van der Waals surface area contributed by atoms with Crippen LogP contribution in [0.3, 0.4) is 0 Å². The Hall–Kier alpha value is -1.22. The first-order valence-corrected chi connectivity index (χ1v) is 6.71. The highest BCUT2D eigenvalue weighted by molar-refractivity contribution is 6.18. The fraction of sp³-hybridized carbons (Fsp3) is 0.500. The first kappa shape index (κ1) is 14.8. The van der Waals surface area contributed by atoms with Crippen molar-refractivity contribution in [1.29, 1.82) is 0 Å². The zero-order valence-electron chi connectivity index (χ0n) is 10.9. The number of benzene rings is 1. The Labute approximate surface area is 113 Å². The number of phenolic OH excluding ortho intramolecular Hbond substituents is 1. The molecule has 0 saturated carbocycles. The number of alkyl halides is 1. The van der Waals surface area contributed by atoms with Crippen LogP contribution < -0.4 is 5.32 Å². The van der Waals surface area contributed by atoms with E-state index in [-0.39, 0.29) is 11.7 Å². The predicted octanol–water partition coefficient (Wildman–Crippen LogP) is 3.09. The summed E-state index contributed by atoms with van der Waals surface area (Å²) < 4.78 is 0. The van der Waals surface area contributed by atoms with Gasteiger partial charge in [0, 0.05) is 18.0 Å². The van der Waals surface area contributed by atoms with Crippen molar-refractivity contribution in [2.75, 3.05) is 12.4 Å². The number of hydrogen-bond donors (Lipinski definition) is 2. The van der Waals surface area contributed by atoms with Gasteiger partial charge in [0.25, 0.3) is 5.91 Å². The van der Waals surface area contributed by atoms with E-state index in [2.05, 4.69) is 12.2 Å². The molecule has 2 N–H and O–H groups in total. The van der Waals surface area contributed by atoms with Crippen LogP contribution in [0.15, 0.2) is 18.2 Å². The van der Waals surface area contributed by atoms with Crippen LogP contribution in [0.25, 0.3) is 0 Å². The molecule has 0 heterocycles. The average Bonchev–Trinajstić information content (AvgIpc) is 2.34. The van der Waals surface area contributed by atoms with Crippen molar-refractivity contribution >= 4 is 17.5 Å². The van der Waals surface area contributed by atoms with Crippen molar-refractivity contribution in [2.45, 2.75) is 26.7 Å². The summed E-state index contributed by atoms with van der Waals surface area (Å²) in [6.07, 6.45) is 1.94. The second kappa shape index (κ2) is 7.27. The van der Waals surface area contributed by atoms with Gasteiger partial charge in [-0.25, -0.2) is 0 Å². The lowest BCUT2D eigenvalue weighted by Gasteiger charge is -2.09. The van der Waals surface area contributed by atoms with E-state index in [0.717, 1.165) is 18.4 Å². The van der Waals surface area contributed by atoms with Crippen LogP contribution in [0.5, 0.6) is 5.75 Å². The summed E-state index contributed by atoms with van der Waals surface area (Å²) in [4.78, 5) is 11.9. The van der Waals surface area contributed by atoms with Crippen LogP contribution in [0.2, 0.25) is 0 Å². The molecule has 1 aromatic rings. The zero-order chi connectivity index (χ0) is 13.5. The van der Waals surface area contributed by atoms with E-state index in [4.69, 9.17) is 11.6 Å². The summed E-state index contributed by atoms with van der Waals surface area (Å²) >= 11 is 5.71. The van der Waals surface area contributed by atoms with E-state index in [1.807, 2.05) is 6.92 Å². The number of amides is 1. The quantitative estimate of drug-likeness (QED) is 0.616. The van der Waals surface area contributed by atoms with Gasteiger partial charge in [-0.1, -0.05) is 6.92 Å². The summed E-state index contributed by atoms with van der Waals surface area (Å²) in [5.41, 5.74) is 1.39. The summed E-state index contributed by atoms with van der Waals surface area (Å²) in [5.74, 6) is 1.23. The second-order valence-corrected chi connectivity index (χ2v) is 4.97. The number of hydrogen-bond acceptors (Lipinski definition) is 2. The Kier molecular flexibility index (Phi) is 5.99. The molecule has 0 aliphatic carbocycles. The predicted molar refractivity (Wildman–Crippen MR) is 74.3 cm³/mol. The van der Waals surface area contributed by atoms with Gasteiger partial charge >= 0.3 is 0 Å². The normalized spacial score (nSPS) is 12.2. The molecule has 0 aliphatic rings. The van der Waals surface area contributed by atoms with Gasteiger partial charge in [-0.2, -0.15) is 0 Å². The fourth-order valence-corrected chi connectivity index (χ4v) is 1.88. The van der Waals surface area contributed by atoms with Gasteiger partial charge in [0.2, 0.25) is 0 Å². The molecule has 1 unspecified atom stereocenters. The standard InChI is InChI=1S/C14H20ClNO2/c1-10(9-15)4-3-7-16-14(18)13-6-5-12(17)8-11(13)2/h5-6,8,10,17H,3-4,7,9H2,1-2H3,(H,16,18). The molecule has 0 radical (unpaired) electrons. The Morgan fingerprint density at radius 2 is 2.22 bits per heavy atom. The summed E-state index contributed by atoms with van der Waals surface area (Å²) in [6.45, 7) is 4.56. The third kappa shape index (κ3) is 4.57. The number of phenols is 1. The van der Waals surface area contributed by atoms with Crippen molar-refractivity contribution < 1.29 is 9.90 Å². The maximum atomic E-state index is 11.9. The van der Waals surface area contributed by atoms with Crippen LogP contribution in [-0.2, 0) is 0 Å². The Morgan fingerprint density at radius 1 is 1.50 bits per heavy atom. The number of nitrogens with one attached hydrogen (secondary N) is 1. The molecule has 4 heteroatoms. The molecule has 1 aromatic carbocycles. The highest BCUT2D eigenvalue weighted by atomic mass is 35.5. The van der Waals surface area contributed by atoms with Gasteiger partial charge < -0.3 is 10.4 Å². The highest BCUT2D eigenvalue weighted by Crippen LogP contribution is 2.15. The molecule has 0 bridgehead atoms. The molecule has 0 aliphatic heterocycles. The van der Waals surface area contributed by atoms with Crippen molar-refractivity contribution in [1.82, 2.24) is 5.32 Å². The van der Waals surface area contributed by atoms with Crippen LogP contribution in [0, 0.1) is 12.8 Å². The molecule has 0 spiro atoms. The molecule has 18 heavy (non-hydrogen) atoms. The maximum absolute atomic E-state index is 11.9. The van der Waals surface area contributed by atoms with Gasteiger partial charge in [-0.05, 0) is 49.4 Å². The van der Waals surface area contributed by atoms with E-state index in [9.17, 15) is 9.90 Å². The lowest BCUT2D eigenvalue weighted by atomic mass is 10.1. The summed E-state index contributed by atoms with van der Waals surface area (Å²) in [6, 6.07) is 4.75. The molecule has 100 valence electrons. The topological polar surface area (TPSA) is 49.3 Å². The number of carbonyl (C=O) groups is 1.